The Morgan fingerprint density at radius 1 is 1.12 bits per heavy atom. The molecule has 2 aromatic carbocycles. The Kier molecular flexibility index (Phi) is 6.61. The molecular weight excluding hydrogens is 339 g/mol. The van der Waals surface area contributed by atoms with Crippen LogP contribution in [0.1, 0.15) is 15.9 Å². The van der Waals surface area contributed by atoms with Crippen molar-refractivity contribution in [3.63, 3.8) is 0 Å². The number of hydrogen-bond acceptors (Lipinski definition) is 4. The maximum Gasteiger partial charge on any atom is 0.331 e. The minimum atomic E-state index is -0.705. The minimum Gasteiger partial charge on any atom is -0.452 e. The fraction of sp³-hybridized carbons (Fsp3) is 0.105. The Morgan fingerprint density at radius 3 is 2.54 bits per heavy atom. The molecule has 0 aliphatic rings. The van der Waals surface area contributed by atoms with Crippen molar-refractivity contribution in [1.29, 1.82) is 0 Å². The molecule has 2 rings (SSSR count). The molecule has 134 valence electrons. The summed E-state index contributed by atoms with van der Waals surface area (Å²) in [5, 5.41) is 5.02. The van der Waals surface area contributed by atoms with Gasteiger partial charge < -0.3 is 15.4 Å². The van der Waals surface area contributed by atoms with Crippen molar-refractivity contribution in [3.8, 4) is 0 Å². The average Bonchev–Trinajstić information content (AvgIpc) is 2.65. The van der Waals surface area contributed by atoms with Gasteiger partial charge in [-0.25, -0.2) is 9.18 Å². The van der Waals surface area contributed by atoms with Crippen LogP contribution in [0.4, 0.5) is 10.1 Å². The fourth-order valence-corrected chi connectivity index (χ4v) is 2.00. The summed E-state index contributed by atoms with van der Waals surface area (Å²) < 4.78 is 17.6. The van der Waals surface area contributed by atoms with Gasteiger partial charge in [-0.05, 0) is 42.0 Å². The Balaban J connectivity index is 1.83. The lowest BCUT2D eigenvalue weighted by Crippen LogP contribution is -2.21. The van der Waals surface area contributed by atoms with E-state index in [1.165, 1.54) is 43.5 Å². The van der Waals surface area contributed by atoms with Crippen LogP contribution in [0.3, 0.4) is 0 Å². The van der Waals surface area contributed by atoms with Gasteiger partial charge in [0.2, 0.25) is 0 Å². The SMILES string of the molecule is CNC(=O)c1cccc(NC(=O)COC(=O)/C=C/c2ccc(F)cc2)c1. The van der Waals surface area contributed by atoms with Crippen LogP contribution in [0.15, 0.2) is 54.6 Å². The van der Waals surface area contributed by atoms with Crippen LogP contribution in [0.25, 0.3) is 6.08 Å². The molecule has 6 nitrogen and oxygen atoms in total. The van der Waals surface area contributed by atoms with E-state index in [0.717, 1.165) is 6.08 Å². The first kappa shape index (κ1) is 18.9. The van der Waals surface area contributed by atoms with Gasteiger partial charge in [0.15, 0.2) is 6.61 Å². The van der Waals surface area contributed by atoms with Crippen molar-refractivity contribution in [2.75, 3.05) is 19.0 Å². The standard InChI is InChI=1S/C19H17FN2O4/c1-21-19(25)14-3-2-4-16(11-14)22-17(23)12-26-18(24)10-7-13-5-8-15(20)9-6-13/h2-11H,12H2,1H3,(H,21,25)(H,22,23)/b10-7+. The van der Waals surface area contributed by atoms with Gasteiger partial charge in [0.25, 0.3) is 11.8 Å². The molecular formula is C19H17FN2O4. The third kappa shape index (κ3) is 5.86. The van der Waals surface area contributed by atoms with Crippen LogP contribution >= 0.6 is 0 Å². The number of ether oxygens (including phenoxy) is 1. The summed E-state index contributed by atoms with van der Waals surface area (Å²) in [6.07, 6.45) is 2.60. The first-order chi connectivity index (χ1) is 12.5. The lowest BCUT2D eigenvalue weighted by molar-refractivity contribution is -0.142. The summed E-state index contributed by atoms with van der Waals surface area (Å²) >= 11 is 0. The second kappa shape index (κ2) is 9.12. The van der Waals surface area contributed by atoms with Crippen LogP contribution in [0, 0.1) is 5.82 Å². The molecule has 0 aromatic heterocycles. The lowest BCUT2D eigenvalue weighted by atomic mass is 10.2. The number of hydrogen-bond donors (Lipinski definition) is 2. The first-order valence-corrected chi connectivity index (χ1v) is 7.70. The predicted octanol–water partition coefficient (Wildman–Crippen LogP) is 2.38. The van der Waals surface area contributed by atoms with Crippen molar-refractivity contribution >= 4 is 29.5 Å². The third-order valence-corrected chi connectivity index (χ3v) is 3.26. The topological polar surface area (TPSA) is 84.5 Å². The Morgan fingerprint density at radius 2 is 1.85 bits per heavy atom. The highest BCUT2D eigenvalue weighted by atomic mass is 19.1. The summed E-state index contributed by atoms with van der Waals surface area (Å²) in [7, 11) is 1.51. The van der Waals surface area contributed by atoms with Crippen LogP contribution < -0.4 is 10.6 Å². The Hall–Kier alpha value is -3.48. The molecule has 0 aliphatic heterocycles. The van der Waals surface area contributed by atoms with E-state index in [0.29, 0.717) is 16.8 Å². The van der Waals surface area contributed by atoms with E-state index in [-0.39, 0.29) is 11.7 Å². The lowest BCUT2D eigenvalue weighted by Gasteiger charge is -2.07. The largest absolute Gasteiger partial charge is 0.452 e. The third-order valence-electron chi connectivity index (χ3n) is 3.26. The Bertz CT molecular complexity index is 832. The van der Waals surface area contributed by atoms with E-state index in [1.807, 2.05) is 0 Å². The molecule has 2 N–H and O–H groups in total. The van der Waals surface area contributed by atoms with E-state index in [2.05, 4.69) is 10.6 Å². The highest BCUT2D eigenvalue weighted by Gasteiger charge is 2.08. The smallest absolute Gasteiger partial charge is 0.331 e. The monoisotopic (exact) mass is 356 g/mol. The molecule has 0 saturated carbocycles. The Labute approximate surface area is 149 Å². The number of anilines is 1. The van der Waals surface area contributed by atoms with Gasteiger partial charge in [-0.2, -0.15) is 0 Å². The second-order valence-electron chi connectivity index (χ2n) is 5.20. The highest BCUT2D eigenvalue weighted by Crippen LogP contribution is 2.10. The normalized spacial score (nSPS) is 10.4. The van der Waals surface area contributed by atoms with E-state index < -0.39 is 18.5 Å². The summed E-state index contributed by atoms with van der Waals surface area (Å²) in [4.78, 5) is 35.0. The van der Waals surface area contributed by atoms with Gasteiger partial charge in [-0.3, -0.25) is 9.59 Å². The zero-order chi connectivity index (χ0) is 18.9. The second-order valence-corrected chi connectivity index (χ2v) is 5.20. The molecule has 7 heteroatoms. The number of carbonyl (C=O) groups excluding carboxylic acids is 3. The number of amides is 2. The molecule has 0 atom stereocenters. The van der Waals surface area contributed by atoms with Crippen LogP contribution in [-0.4, -0.2) is 31.4 Å². The summed E-state index contributed by atoms with van der Waals surface area (Å²) in [6, 6.07) is 11.9. The molecule has 0 bridgehead atoms. The number of nitrogens with one attached hydrogen (secondary N) is 2. The van der Waals surface area contributed by atoms with Gasteiger partial charge in [-0.15, -0.1) is 0 Å². The number of rotatable bonds is 6. The average molecular weight is 356 g/mol. The van der Waals surface area contributed by atoms with Crippen molar-refractivity contribution in [2.45, 2.75) is 0 Å². The van der Waals surface area contributed by atoms with Crippen molar-refractivity contribution in [1.82, 2.24) is 5.32 Å². The van der Waals surface area contributed by atoms with Gasteiger partial charge in [0.05, 0.1) is 0 Å². The number of carbonyl (C=O) groups is 3. The van der Waals surface area contributed by atoms with E-state index >= 15 is 0 Å². The maximum atomic E-state index is 12.8. The molecule has 0 unspecified atom stereocenters. The fourth-order valence-electron chi connectivity index (χ4n) is 2.00. The summed E-state index contributed by atoms with van der Waals surface area (Å²) in [5.41, 5.74) is 1.43. The zero-order valence-electron chi connectivity index (χ0n) is 14.0. The first-order valence-electron chi connectivity index (χ1n) is 7.70. The van der Waals surface area contributed by atoms with Gasteiger partial charge >= 0.3 is 5.97 Å². The van der Waals surface area contributed by atoms with E-state index in [4.69, 9.17) is 4.74 Å². The molecule has 2 amide bonds. The number of benzene rings is 2. The van der Waals surface area contributed by atoms with Crippen LogP contribution in [0.5, 0.6) is 0 Å². The van der Waals surface area contributed by atoms with Crippen molar-refractivity contribution in [3.05, 3.63) is 71.6 Å². The number of halogens is 1. The molecule has 0 radical (unpaired) electrons. The molecule has 2 aromatic rings. The maximum absolute atomic E-state index is 12.8. The summed E-state index contributed by atoms with van der Waals surface area (Å²) in [6.45, 7) is -0.475. The van der Waals surface area contributed by atoms with Crippen molar-refractivity contribution in [2.24, 2.45) is 0 Å². The summed E-state index contributed by atoms with van der Waals surface area (Å²) in [5.74, 6) is -1.90. The molecule has 0 heterocycles. The van der Waals surface area contributed by atoms with Crippen molar-refractivity contribution < 1.29 is 23.5 Å². The van der Waals surface area contributed by atoms with Crippen LogP contribution in [-0.2, 0) is 14.3 Å². The zero-order valence-corrected chi connectivity index (χ0v) is 14.0. The van der Waals surface area contributed by atoms with Gasteiger partial charge in [0.1, 0.15) is 5.82 Å². The molecule has 0 saturated heterocycles. The quantitative estimate of drug-likeness (QED) is 0.615. The molecule has 26 heavy (non-hydrogen) atoms. The molecule has 0 aliphatic carbocycles. The van der Waals surface area contributed by atoms with E-state index in [1.54, 1.807) is 18.2 Å². The minimum absolute atomic E-state index is 0.279. The molecule has 0 fully saturated rings. The highest BCUT2D eigenvalue weighted by molar-refractivity contribution is 5.98. The predicted molar refractivity (Wildman–Crippen MR) is 94.9 cm³/mol. The van der Waals surface area contributed by atoms with E-state index in [9.17, 15) is 18.8 Å². The molecule has 0 spiro atoms. The van der Waals surface area contributed by atoms with Crippen LogP contribution in [0.2, 0.25) is 0 Å². The number of esters is 1. The van der Waals surface area contributed by atoms with Gasteiger partial charge in [-0.1, -0.05) is 18.2 Å². The van der Waals surface area contributed by atoms with Gasteiger partial charge in [0, 0.05) is 24.4 Å².